The Balaban J connectivity index is 2.68. The Labute approximate surface area is 115 Å². The average Bonchev–Trinajstić information content (AvgIpc) is 2.45. The van der Waals surface area contributed by atoms with Crippen LogP contribution in [0.1, 0.15) is 13.3 Å². The van der Waals surface area contributed by atoms with Crippen LogP contribution in [0.4, 0.5) is 16.2 Å². The maximum absolute atomic E-state index is 11.7. The molecule has 110 valence electrons. The molecular weight excluding hydrogens is 266 g/mol. The van der Waals surface area contributed by atoms with Gasteiger partial charge in [0.05, 0.1) is 23.7 Å². The number of nitrogens with zero attached hydrogens (tertiary/aromatic N) is 1. The van der Waals surface area contributed by atoms with E-state index in [1.807, 2.05) is 0 Å². The van der Waals surface area contributed by atoms with Gasteiger partial charge in [0.25, 0.3) is 5.69 Å². The van der Waals surface area contributed by atoms with Crippen molar-refractivity contribution in [3.63, 3.8) is 0 Å². The predicted octanol–water partition coefficient (Wildman–Crippen LogP) is 0.850. The van der Waals surface area contributed by atoms with E-state index in [0.29, 0.717) is 12.1 Å². The first-order valence-corrected chi connectivity index (χ1v) is 6.01. The summed E-state index contributed by atoms with van der Waals surface area (Å²) in [5.74, 6) is 0. The van der Waals surface area contributed by atoms with Gasteiger partial charge in [0.2, 0.25) is 0 Å². The lowest BCUT2D eigenvalue weighted by molar-refractivity contribution is -0.384. The fourth-order valence-electron chi connectivity index (χ4n) is 1.51. The Bertz CT molecular complexity index is 462. The second-order valence-electron chi connectivity index (χ2n) is 4.33. The second kappa shape index (κ2) is 6.83. The number of benzene rings is 1. The van der Waals surface area contributed by atoms with Crippen molar-refractivity contribution in [1.29, 1.82) is 0 Å². The van der Waals surface area contributed by atoms with E-state index in [-0.39, 0.29) is 5.69 Å². The maximum Gasteiger partial charge on any atom is 0.319 e. The molecule has 0 fully saturated rings. The largest absolute Gasteiger partial charge is 0.394 e. The van der Waals surface area contributed by atoms with E-state index in [2.05, 4.69) is 10.6 Å². The van der Waals surface area contributed by atoms with Crippen molar-refractivity contribution in [2.45, 2.75) is 18.9 Å². The minimum atomic E-state index is -1.09. The number of aliphatic hydroxyl groups is 2. The van der Waals surface area contributed by atoms with E-state index < -0.39 is 29.7 Å². The maximum atomic E-state index is 11.7. The number of urea groups is 1. The molecule has 0 aliphatic carbocycles. The molecule has 1 aromatic carbocycles. The van der Waals surface area contributed by atoms with Crippen LogP contribution in [-0.2, 0) is 0 Å². The van der Waals surface area contributed by atoms with Gasteiger partial charge in [-0.1, -0.05) is 6.92 Å². The molecule has 0 aliphatic rings. The average molecular weight is 283 g/mol. The quantitative estimate of drug-likeness (QED) is 0.455. The molecule has 0 aromatic heterocycles. The summed E-state index contributed by atoms with van der Waals surface area (Å²) in [6.45, 7) is 0.931. The van der Waals surface area contributed by atoms with Crippen LogP contribution in [0.5, 0.6) is 0 Å². The second-order valence-corrected chi connectivity index (χ2v) is 4.33. The molecule has 0 bridgehead atoms. The third-order valence-electron chi connectivity index (χ3n) is 3.00. The van der Waals surface area contributed by atoms with Crippen LogP contribution < -0.4 is 10.6 Å². The summed E-state index contributed by atoms with van der Waals surface area (Å²) in [7, 11) is 0. The molecule has 0 spiro atoms. The van der Waals surface area contributed by atoms with Crippen LogP contribution in [-0.4, -0.2) is 39.9 Å². The Kier molecular flexibility index (Phi) is 5.42. The van der Waals surface area contributed by atoms with E-state index >= 15 is 0 Å². The van der Waals surface area contributed by atoms with Crippen LogP contribution in [0.15, 0.2) is 24.3 Å². The highest BCUT2D eigenvalue weighted by atomic mass is 16.6. The molecule has 0 heterocycles. The highest BCUT2D eigenvalue weighted by molar-refractivity contribution is 5.89. The number of aliphatic hydroxyl groups excluding tert-OH is 2. The van der Waals surface area contributed by atoms with Gasteiger partial charge in [-0.25, -0.2) is 4.79 Å². The number of amides is 2. The van der Waals surface area contributed by atoms with Crippen molar-refractivity contribution in [3.8, 4) is 0 Å². The van der Waals surface area contributed by atoms with Gasteiger partial charge in [0, 0.05) is 17.8 Å². The highest BCUT2D eigenvalue weighted by Crippen LogP contribution is 2.16. The molecule has 0 aliphatic heterocycles. The number of carbonyl (C=O) groups is 1. The van der Waals surface area contributed by atoms with Crippen molar-refractivity contribution >= 4 is 17.4 Å². The normalized spacial score (nSPS) is 10.9. The Hall–Kier alpha value is -2.19. The van der Waals surface area contributed by atoms with Crippen molar-refractivity contribution in [2.75, 3.05) is 18.5 Å². The fraction of sp³-hybridized carbons (Fsp3) is 0.417. The summed E-state index contributed by atoms with van der Waals surface area (Å²) in [4.78, 5) is 21.7. The van der Waals surface area contributed by atoms with Crippen LogP contribution >= 0.6 is 0 Å². The molecular formula is C12H17N3O5. The van der Waals surface area contributed by atoms with Crippen molar-refractivity contribution in [3.05, 3.63) is 34.4 Å². The van der Waals surface area contributed by atoms with Crippen LogP contribution in [0.3, 0.4) is 0 Å². The molecule has 20 heavy (non-hydrogen) atoms. The number of non-ortho nitro benzene ring substituents is 1. The van der Waals surface area contributed by atoms with Gasteiger partial charge in [0.1, 0.15) is 0 Å². The summed E-state index contributed by atoms with van der Waals surface area (Å²) in [5, 5.41) is 33.9. The number of carbonyl (C=O) groups excluding carboxylic acids is 1. The monoisotopic (exact) mass is 283 g/mol. The van der Waals surface area contributed by atoms with Gasteiger partial charge in [-0.2, -0.15) is 0 Å². The molecule has 0 atom stereocenters. The topological polar surface area (TPSA) is 125 Å². The van der Waals surface area contributed by atoms with Gasteiger partial charge < -0.3 is 20.8 Å². The number of anilines is 1. The lowest BCUT2D eigenvalue weighted by Crippen LogP contribution is -2.55. The van der Waals surface area contributed by atoms with E-state index in [1.54, 1.807) is 6.92 Å². The first-order valence-electron chi connectivity index (χ1n) is 6.01. The van der Waals surface area contributed by atoms with Crippen molar-refractivity contribution in [2.24, 2.45) is 0 Å². The number of rotatable bonds is 6. The zero-order valence-electron chi connectivity index (χ0n) is 11.0. The summed E-state index contributed by atoms with van der Waals surface area (Å²) >= 11 is 0. The zero-order valence-corrected chi connectivity index (χ0v) is 11.0. The first kappa shape index (κ1) is 15.9. The standard InChI is InChI=1S/C12H17N3O5/c1-2-12(7-16,8-17)14-11(18)13-9-3-5-10(6-4-9)15(19)20/h3-6,16-17H,2,7-8H2,1H3,(H2,13,14,18). The van der Waals surface area contributed by atoms with Crippen LogP contribution in [0, 0.1) is 10.1 Å². The SMILES string of the molecule is CCC(CO)(CO)NC(=O)Nc1ccc([N+](=O)[O-])cc1. The summed E-state index contributed by atoms with van der Waals surface area (Å²) in [5.41, 5.74) is -0.802. The predicted molar refractivity (Wildman–Crippen MR) is 72.4 cm³/mol. The minimum Gasteiger partial charge on any atom is -0.394 e. The van der Waals surface area contributed by atoms with E-state index in [4.69, 9.17) is 0 Å². The lowest BCUT2D eigenvalue weighted by atomic mass is 9.99. The number of nitro groups is 1. The Morgan fingerprint density at radius 1 is 1.30 bits per heavy atom. The van der Waals surface area contributed by atoms with Gasteiger partial charge in [-0.15, -0.1) is 0 Å². The first-order chi connectivity index (χ1) is 9.46. The zero-order chi connectivity index (χ0) is 15.2. The van der Waals surface area contributed by atoms with Crippen LogP contribution in [0.2, 0.25) is 0 Å². The highest BCUT2D eigenvalue weighted by Gasteiger charge is 2.28. The number of hydrogen-bond acceptors (Lipinski definition) is 5. The van der Waals surface area contributed by atoms with Crippen molar-refractivity contribution in [1.82, 2.24) is 5.32 Å². The van der Waals surface area contributed by atoms with E-state index in [0.717, 1.165) is 0 Å². The summed E-state index contributed by atoms with van der Waals surface area (Å²) in [6.07, 6.45) is 0.355. The van der Waals surface area contributed by atoms with Gasteiger partial charge in [-0.3, -0.25) is 10.1 Å². The third-order valence-corrected chi connectivity index (χ3v) is 3.00. The number of nitro benzene ring substituents is 1. The minimum absolute atomic E-state index is 0.0791. The molecule has 0 radical (unpaired) electrons. The summed E-state index contributed by atoms with van der Waals surface area (Å²) < 4.78 is 0. The third kappa shape index (κ3) is 3.90. The van der Waals surface area contributed by atoms with Gasteiger partial charge in [0.15, 0.2) is 0 Å². The molecule has 2 amide bonds. The molecule has 0 saturated carbocycles. The van der Waals surface area contributed by atoms with Gasteiger partial charge in [-0.05, 0) is 18.6 Å². The molecule has 8 heteroatoms. The number of nitrogens with one attached hydrogen (secondary N) is 2. The Morgan fingerprint density at radius 3 is 2.25 bits per heavy atom. The van der Waals surface area contributed by atoms with Gasteiger partial charge >= 0.3 is 6.03 Å². The van der Waals surface area contributed by atoms with Crippen molar-refractivity contribution < 1.29 is 19.9 Å². The summed E-state index contributed by atoms with van der Waals surface area (Å²) in [6, 6.07) is 4.71. The van der Waals surface area contributed by atoms with E-state index in [1.165, 1.54) is 24.3 Å². The lowest BCUT2D eigenvalue weighted by Gasteiger charge is -2.29. The molecule has 0 unspecified atom stereocenters. The molecule has 1 aromatic rings. The Morgan fingerprint density at radius 2 is 1.85 bits per heavy atom. The van der Waals surface area contributed by atoms with Crippen LogP contribution in [0.25, 0.3) is 0 Å². The smallest absolute Gasteiger partial charge is 0.319 e. The molecule has 8 nitrogen and oxygen atoms in total. The van der Waals surface area contributed by atoms with E-state index in [9.17, 15) is 25.1 Å². The number of hydrogen-bond donors (Lipinski definition) is 4. The molecule has 1 rings (SSSR count). The fourth-order valence-corrected chi connectivity index (χ4v) is 1.51. The molecule has 4 N–H and O–H groups in total. The molecule has 0 saturated heterocycles.